The molecule has 102 valence electrons. The van der Waals surface area contributed by atoms with E-state index in [2.05, 4.69) is 26.2 Å². The summed E-state index contributed by atoms with van der Waals surface area (Å²) < 4.78 is 2.80. The van der Waals surface area contributed by atoms with Crippen LogP contribution in [0.5, 0.6) is 0 Å². The van der Waals surface area contributed by atoms with Crippen LogP contribution in [-0.4, -0.2) is 21.5 Å². The van der Waals surface area contributed by atoms with Crippen LogP contribution >= 0.6 is 27.5 Å². The number of fused-ring (bicyclic) bond motifs is 1. The average molecular weight is 345 g/mol. The van der Waals surface area contributed by atoms with E-state index in [4.69, 9.17) is 11.6 Å². The Kier molecular flexibility index (Phi) is 4.47. The first-order chi connectivity index (χ1) is 9.01. The quantitative estimate of drug-likeness (QED) is 0.867. The van der Waals surface area contributed by atoms with Gasteiger partial charge in [0.1, 0.15) is 12.4 Å². The van der Waals surface area contributed by atoms with Crippen LogP contribution in [0.15, 0.2) is 22.7 Å². The van der Waals surface area contributed by atoms with Crippen molar-refractivity contribution in [2.45, 2.75) is 32.3 Å². The molecule has 0 aliphatic heterocycles. The van der Waals surface area contributed by atoms with Gasteiger partial charge < -0.3 is 9.88 Å². The average Bonchev–Trinajstić information content (AvgIpc) is 2.66. The number of halogens is 2. The van der Waals surface area contributed by atoms with Gasteiger partial charge in [-0.15, -0.1) is 11.6 Å². The minimum absolute atomic E-state index is 0.0411. The van der Waals surface area contributed by atoms with Crippen molar-refractivity contribution in [1.82, 2.24) is 14.9 Å². The third-order valence-corrected chi connectivity index (χ3v) is 3.39. The zero-order chi connectivity index (χ0) is 14.0. The van der Waals surface area contributed by atoms with Crippen LogP contribution in [0.3, 0.4) is 0 Å². The lowest BCUT2D eigenvalue weighted by molar-refractivity contribution is -0.122. The summed E-state index contributed by atoms with van der Waals surface area (Å²) in [5.41, 5.74) is 1.75. The van der Waals surface area contributed by atoms with Gasteiger partial charge >= 0.3 is 0 Å². The van der Waals surface area contributed by atoms with Crippen molar-refractivity contribution in [1.29, 1.82) is 0 Å². The van der Waals surface area contributed by atoms with Crippen LogP contribution in [-0.2, 0) is 17.2 Å². The fourth-order valence-corrected chi connectivity index (χ4v) is 2.49. The Bertz CT molecular complexity index is 609. The minimum Gasteiger partial charge on any atom is -0.352 e. The molecule has 19 heavy (non-hydrogen) atoms. The zero-order valence-corrected chi connectivity index (χ0v) is 13.1. The van der Waals surface area contributed by atoms with Crippen LogP contribution in [0.2, 0.25) is 0 Å². The molecule has 1 aromatic carbocycles. The van der Waals surface area contributed by atoms with E-state index in [0.29, 0.717) is 5.82 Å². The van der Waals surface area contributed by atoms with Gasteiger partial charge in [0.25, 0.3) is 0 Å². The highest BCUT2D eigenvalue weighted by molar-refractivity contribution is 9.10. The Labute approximate surface area is 125 Å². The number of hydrogen-bond donors (Lipinski definition) is 1. The van der Waals surface area contributed by atoms with Crippen molar-refractivity contribution in [2.24, 2.45) is 0 Å². The highest BCUT2D eigenvalue weighted by Crippen LogP contribution is 2.21. The van der Waals surface area contributed by atoms with Crippen molar-refractivity contribution >= 4 is 44.5 Å². The fourth-order valence-electron chi connectivity index (χ4n) is 1.94. The van der Waals surface area contributed by atoms with Gasteiger partial charge in [-0.25, -0.2) is 4.98 Å². The molecule has 2 rings (SSSR count). The van der Waals surface area contributed by atoms with Gasteiger partial charge in [0.15, 0.2) is 0 Å². The number of rotatable bonds is 4. The molecule has 0 saturated heterocycles. The third kappa shape index (κ3) is 3.28. The normalized spacial score (nSPS) is 11.2. The SMILES string of the molecule is CC(C)NC(=O)Cn1c(CCl)nc2ccc(Br)cc21. The van der Waals surface area contributed by atoms with Crippen LogP contribution in [0.4, 0.5) is 0 Å². The van der Waals surface area contributed by atoms with E-state index in [-0.39, 0.29) is 24.4 Å². The molecule has 6 heteroatoms. The molecule has 4 nitrogen and oxygen atoms in total. The lowest BCUT2D eigenvalue weighted by Crippen LogP contribution is -2.33. The first-order valence-electron chi connectivity index (χ1n) is 6.01. The van der Waals surface area contributed by atoms with E-state index in [1.54, 1.807) is 0 Å². The second-order valence-corrected chi connectivity index (χ2v) is 5.79. The molecule has 2 aromatic rings. The van der Waals surface area contributed by atoms with Gasteiger partial charge in [-0.1, -0.05) is 15.9 Å². The number of carbonyl (C=O) groups excluding carboxylic acids is 1. The molecule has 0 aliphatic rings. The van der Waals surface area contributed by atoms with Crippen LogP contribution in [0, 0.1) is 0 Å². The van der Waals surface area contributed by atoms with Crippen molar-refractivity contribution in [3.8, 4) is 0 Å². The summed E-state index contributed by atoms with van der Waals surface area (Å²) in [7, 11) is 0. The summed E-state index contributed by atoms with van der Waals surface area (Å²) >= 11 is 9.34. The number of carbonyl (C=O) groups is 1. The highest BCUT2D eigenvalue weighted by atomic mass is 79.9. The van der Waals surface area contributed by atoms with E-state index in [1.165, 1.54) is 0 Å². The topological polar surface area (TPSA) is 46.9 Å². The predicted molar refractivity (Wildman–Crippen MR) is 80.3 cm³/mol. The number of hydrogen-bond acceptors (Lipinski definition) is 2. The molecule has 0 spiro atoms. The first-order valence-corrected chi connectivity index (χ1v) is 7.34. The van der Waals surface area contributed by atoms with Gasteiger partial charge in [0.2, 0.25) is 5.91 Å². The summed E-state index contributed by atoms with van der Waals surface area (Å²) in [6.07, 6.45) is 0. The maximum atomic E-state index is 11.9. The molecule has 1 N–H and O–H groups in total. The first kappa shape index (κ1) is 14.3. The Morgan fingerprint density at radius 2 is 2.26 bits per heavy atom. The minimum atomic E-state index is -0.0411. The van der Waals surface area contributed by atoms with Gasteiger partial charge in [0, 0.05) is 10.5 Å². The molecule has 0 atom stereocenters. The molecule has 0 unspecified atom stereocenters. The van der Waals surface area contributed by atoms with Gasteiger partial charge in [-0.05, 0) is 32.0 Å². The smallest absolute Gasteiger partial charge is 0.240 e. The molecule has 0 fully saturated rings. The van der Waals surface area contributed by atoms with Crippen molar-refractivity contribution in [3.05, 3.63) is 28.5 Å². The maximum absolute atomic E-state index is 11.9. The molecule has 1 heterocycles. The van der Waals surface area contributed by atoms with Crippen LogP contribution < -0.4 is 5.32 Å². The lowest BCUT2D eigenvalue weighted by atomic mass is 10.3. The Morgan fingerprint density at radius 3 is 2.89 bits per heavy atom. The van der Waals surface area contributed by atoms with E-state index < -0.39 is 0 Å². The van der Waals surface area contributed by atoms with Crippen LogP contribution in [0.25, 0.3) is 11.0 Å². The standard InChI is InChI=1S/C13H15BrClN3O/c1-8(2)16-13(19)7-18-11-5-9(14)3-4-10(11)17-12(18)6-15/h3-5,8H,6-7H2,1-2H3,(H,16,19). The van der Waals surface area contributed by atoms with E-state index in [9.17, 15) is 4.79 Å². The third-order valence-electron chi connectivity index (χ3n) is 2.66. The second kappa shape index (κ2) is 5.92. The monoisotopic (exact) mass is 343 g/mol. The number of aromatic nitrogens is 2. The van der Waals surface area contributed by atoms with Gasteiger partial charge in [-0.2, -0.15) is 0 Å². The lowest BCUT2D eigenvalue weighted by Gasteiger charge is -2.11. The number of alkyl halides is 1. The largest absolute Gasteiger partial charge is 0.352 e. The molecule has 0 radical (unpaired) electrons. The molecule has 1 aromatic heterocycles. The molecule has 0 aliphatic carbocycles. The van der Waals surface area contributed by atoms with Crippen molar-refractivity contribution in [2.75, 3.05) is 0 Å². The zero-order valence-electron chi connectivity index (χ0n) is 10.8. The second-order valence-electron chi connectivity index (χ2n) is 4.60. The predicted octanol–water partition coefficient (Wildman–Crippen LogP) is 3.06. The summed E-state index contributed by atoms with van der Waals surface area (Å²) in [6.45, 7) is 4.10. The van der Waals surface area contributed by atoms with Gasteiger partial charge in [0.05, 0.1) is 16.9 Å². The Balaban J connectivity index is 2.39. The van der Waals surface area contributed by atoms with E-state index in [0.717, 1.165) is 15.5 Å². The summed E-state index contributed by atoms with van der Waals surface area (Å²) in [5, 5.41) is 2.87. The van der Waals surface area contributed by atoms with E-state index >= 15 is 0 Å². The molecule has 0 bridgehead atoms. The van der Waals surface area contributed by atoms with Crippen molar-refractivity contribution < 1.29 is 4.79 Å². The molecule has 1 amide bonds. The Hall–Kier alpha value is -1.07. The summed E-state index contributed by atoms with van der Waals surface area (Å²) in [4.78, 5) is 16.3. The van der Waals surface area contributed by atoms with E-state index in [1.807, 2.05) is 36.6 Å². The summed E-state index contributed by atoms with van der Waals surface area (Å²) in [6, 6.07) is 5.90. The number of imidazole rings is 1. The summed E-state index contributed by atoms with van der Waals surface area (Å²) in [5.74, 6) is 0.940. The van der Waals surface area contributed by atoms with Crippen molar-refractivity contribution in [3.63, 3.8) is 0 Å². The maximum Gasteiger partial charge on any atom is 0.240 e. The molecular formula is C13H15BrClN3O. The van der Waals surface area contributed by atoms with Gasteiger partial charge in [-0.3, -0.25) is 4.79 Å². The molecular weight excluding hydrogens is 330 g/mol. The fraction of sp³-hybridized carbons (Fsp3) is 0.385. The highest BCUT2D eigenvalue weighted by Gasteiger charge is 2.13. The number of amides is 1. The molecule has 0 saturated carbocycles. The number of nitrogens with zero attached hydrogens (tertiary/aromatic N) is 2. The number of nitrogens with one attached hydrogen (secondary N) is 1. The number of benzene rings is 1. The Morgan fingerprint density at radius 1 is 1.53 bits per heavy atom. The van der Waals surface area contributed by atoms with Crippen LogP contribution in [0.1, 0.15) is 19.7 Å².